The van der Waals surface area contributed by atoms with Crippen molar-refractivity contribution in [1.29, 1.82) is 0 Å². The normalized spacial score (nSPS) is 11.3. The summed E-state index contributed by atoms with van der Waals surface area (Å²) in [5.41, 5.74) is 4.82. The van der Waals surface area contributed by atoms with Gasteiger partial charge in [0.15, 0.2) is 0 Å². The van der Waals surface area contributed by atoms with Gasteiger partial charge in [0.1, 0.15) is 11.6 Å². The minimum Gasteiger partial charge on any atom is -0.506 e. The van der Waals surface area contributed by atoms with Crippen molar-refractivity contribution in [3.63, 3.8) is 0 Å². The fraction of sp³-hybridized carbons (Fsp3) is 0.0833. The summed E-state index contributed by atoms with van der Waals surface area (Å²) in [6.45, 7) is 0. The monoisotopic (exact) mass is 269 g/mol. The molecule has 0 unspecified atom stereocenters. The largest absolute Gasteiger partial charge is 0.506 e. The standard InChI is InChI=1S/C12H10F3N3O/c13-12(14,15)7-5-9(11(16)17-6-7)18-8-3-1-2-4-10(8)19/h1-6,18-19H,(H2,16,17). The predicted molar refractivity (Wildman–Crippen MR) is 65.0 cm³/mol. The highest BCUT2D eigenvalue weighted by Gasteiger charge is 2.31. The summed E-state index contributed by atoms with van der Waals surface area (Å²) in [7, 11) is 0. The Kier molecular flexibility index (Phi) is 3.20. The van der Waals surface area contributed by atoms with E-state index in [0.717, 1.165) is 6.07 Å². The van der Waals surface area contributed by atoms with Crippen LogP contribution >= 0.6 is 0 Å². The van der Waals surface area contributed by atoms with Gasteiger partial charge in [-0.3, -0.25) is 0 Å². The van der Waals surface area contributed by atoms with Gasteiger partial charge in [-0.25, -0.2) is 4.98 Å². The van der Waals surface area contributed by atoms with Crippen LogP contribution in [0, 0.1) is 0 Å². The van der Waals surface area contributed by atoms with Gasteiger partial charge in [-0.05, 0) is 18.2 Å². The Bertz CT molecular complexity index is 599. The van der Waals surface area contributed by atoms with Gasteiger partial charge in [0, 0.05) is 6.20 Å². The molecular formula is C12H10F3N3O. The molecule has 7 heteroatoms. The molecule has 0 saturated heterocycles. The van der Waals surface area contributed by atoms with E-state index < -0.39 is 11.7 Å². The lowest BCUT2D eigenvalue weighted by molar-refractivity contribution is -0.137. The van der Waals surface area contributed by atoms with Gasteiger partial charge < -0.3 is 16.2 Å². The number of nitrogen functional groups attached to an aromatic ring is 1. The Morgan fingerprint density at radius 1 is 1.16 bits per heavy atom. The van der Waals surface area contributed by atoms with Gasteiger partial charge in [-0.1, -0.05) is 12.1 Å². The molecule has 0 aliphatic heterocycles. The van der Waals surface area contributed by atoms with Crippen LogP contribution in [-0.2, 0) is 6.18 Å². The molecule has 100 valence electrons. The first-order valence-corrected chi connectivity index (χ1v) is 5.25. The molecule has 0 saturated carbocycles. The molecule has 0 radical (unpaired) electrons. The molecule has 0 aliphatic carbocycles. The number of alkyl halides is 3. The lowest BCUT2D eigenvalue weighted by atomic mass is 10.2. The Morgan fingerprint density at radius 2 is 1.84 bits per heavy atom. The molecule has 4 N–H and O–H groups in total. The summed E-state index contributed by atoms with van der Waals surface area (Å²) >= 11 is 0. The maximum absolute atomic E-state index is 12.6. The topological polar surface area (TPSA) is 71.2 Å². The van der Waals surface area contributed by atoms with Crippen molar-refractivity contribution >= 4 is 17.2 Å². The number of nitrogens with zero attached hydrogens (tertiary/aromatic N) is 1. The van der Waals surface area contributed by atoms with Crippen LogP contribution in [0.3, 0.4) is 0 Å². The van der Waals surface area contributed by atoms with E-state index in [9.17, 15) is 18.3 Å². The minimum absolute atomic E-state index is 0.0173. The van der Waals surface area contributed by atoms with Crippen LogP contribution in [-0.4, -0.2) is 10.1 Å². The first-order chi connectivity index (χ1) is 8.88. The summed E-state index contributed by atoms with van der Waals surface area (Å²) in [6, 6.07) is 6.97. The number of para-hydroxylation sites is 2. The summed E-state index contributed by atoms with van der Waals surface area (Å²) in [6.07, 6.45) is -3.85. The highest BCUT2D eigenvalue weighted by atomic mass is 19.4. The van der Waals surface area contributed by atoms with Crippen LogP contribution < -0.4 is 11.1 Å². The maximum atomic E-state index is 12.6. The number of phenols is 1. The fourth-order valence-electron chi connectivity index (χ4n) is 1.45. The molecule has 1 heterocycles. The first-order valence-electron chi connectivity index (χ1n) is 5.25. The highest BCUT2D eigenvalue weighted by molar-refractivity contribution is 5.73. The molecular weight excluding hydrogens is 259 g/mol. The van der Waals surface area contributed by atoms with Gasteiger partial charge >= 0.3 is 6.18 Å². The van der Waals surface area contributed by atoms with E-state index in [2.05, 4.69) is 10.3 Å². The number of benzene rings is 1. The molecule has 2 aromatic rings. The third-order valence-electron chi connectivity index (χ3n) is 2.42. The van der Waals surface area contributed by atoms with Gasteiger partial charge in [0.2, 0.25) is 0 Å². The van der Waals surface area contributed by atoms with Crippen molar-refractivity contribution < 1.29 is 18.3 Å². The maximum Gasteiger partial charge on any atom is 0.417 e. The van der Waals surface area contributed by atoms with Gasteiger partial charge in [0.05, 0.1) is 16.9 Å². The molecule has 0 aliphatic rings. The van der Waals surface area contributed by atoms with Crippen LogP contribution in [0.4, 0.5) is 30.4 Å². The van der Waals surface area contributed by atoms with Crippen LogP contribution in [0.2, 0.25) is 0 Å². The first kappa shape index (κ1) is 13.0. The van der Waals surface area contributed by atoms with E-state index in [1.807, 2.05) is 0 Å². The number of phenolic OH excluding ortho intramolecular Hbond substituents is 1. The second-order valence-electron chi connectivity index (χ2n) is 3.80. The van der Waals surface area contributed by atoms with Crippen molar-refractivity contribution in [2.45, 2.75) is 6.18 Å². The molecule has 4 nitrogen and oxygen atoms in total. The van der Waals surface area contributed by atoms with Crippen molar-refractivity contribution in [2.75, 3.05) is 11.1 Å². The molecule has 0 spiro atoms. The Morgan fingerprint density at radius 3 is 2.47 bits per heavy atom. The predicted octanol–water partition coefficient (Wildman–Crippen LogP) is 3.13. The van der Waals surface area contributed by atoms with Crippen LogP contribution in [0.15, 0.2) is 36.5 Å². The second-order valence-corrected chi connectivity index (χ2v) is 3.80. The van der Waals surface area contributed by atoms with E-state index in [0.29, 0.717) is 6.20 Å². The summed E-state index contributed by atoms with van der Waals surface area (Å²) in [5, 5.41) is 12.2. The number of aromatic nitrogens is 1. The van der Waals surface area contributed by atoms with Crippen molar-refractivity contribution in [3.8, 4) is 5.75 Å². The highest BCUT2D eigenvalue weighted by Crippen LogP contribution is 2.34. The van der Waals surface area contributed by atoms with Gasteiger partial charge in [0.25, 0.3) is 0 Å². The zero-order chi connectivity index (χ0) is 14.0. The summed E-state index contributed by atoms with van der Waals surface area (Å²) < 4.78 is 37.7. The van der Waals surface area contributed by atoms with E-state index in [1.54, 1.807) is 12.1 Å². The smallest absolute Gasteiger partial charge is 0.417 e. The summed E-state index contributed by atoms with van der Waals surface area (Å²) in [4.78, 5) is 3.49. The number of rotatable bonds is 2. The van der Waals surface area contributed by atoms with E-state index in [1.165, 1.54) is 12.1 Å². The number of nitrogens with one attached hydrogen (secondary N) is 1. The number of halogens is 3. The zero-order valence-electron chi connectivity index (χ0n) is 9.57. The number of pyridine rings is 1. The van der Waals surface area contributed by atoms with Crippen molar-refractivity contribution in [3.05, 3.63) is 42.1 Å². The Hall–Kier alpha value is -2.44. The quantitative estimate of drug-likeness (QED) is 0.732. The van der Waals surface area contributed by atoms with Crippen molar-refractivity contribution in [1.82, 2.24) is 4.98 Å². The average molecular weight is 269 g/mol. The Balaban J connectivity index is 2.38. The second kappa shape index (κ2) is 4.68. The SMILES string of the molecule is Nc1ncc(C(F)(F)F)cc1Nc1ccccc1O. The van der Waals surface area contributed by atoms with Gasteiger partial charge in [-0.2, -0.15) is 13.2 Å². The third-order valence-corrected chi connectivity index (χ3v) is 2.42. The lowest BCUT2D eigenvalue weighted by Gasteiger charge is -2.13. The van der Waals surface area contributed by atoms with Crippen LogP contribution in [0.25, 0.3) is 0 Å². The molecule has 0 fully saturated rings. The molecule has 1 aromatic heterocycles. The molecule has 19 heavy (non-hydrogen) atoms. The molecule has 2 rings (SSSR count). The average Bonchev–Trinajstić information content (AvgIpc) is 2.33. The molecule has 1 aromatic carbocycles. The Labute approximate surface area is 106 Å². The number of hydrogen-bond donors (Lipinski definition) is 3. The van der Waals surface area contributed by atoms with E-state index in [-0.39, 0.29) is 22.9 Å². The minimum atomic E-state index is -4.50. The van der Waals surface area contributed by atoms with Crippen LogP contribution in [0.5, 0.6) is 5.75 Å². The number of aromatic hydroxyl groups is 1. The van der Waals surface area contributed by atoms with Crippen molar-refractivity contribution in [2.24, 2.45) is 0 Å². The number of anilines is 3. The molecule has 0 bridgehead atoms. The number of nitrogens with two attached hydrogens (primary N) is 1. The third kappa shape index (κ3) is 2.87. The van der Waals surface area contributed by atoms with E-state index >= 15 is 0 Å². The molecule has 0 atom stereocenters. The molecule has 0 amide bonds. The van der Waals surface area contributed by atoms with E-state index in [4.69, 9.17) is 5.73 Å². The fourth-order valence-corrected chi connectivity index (χ4v) is 1.45. The lowest BCUT2D eigenvalue weighted by Crippen LogP contribution is -2.08. The zero-order valence-corrected chi connectivity index (χ0v) is 9.57. The van der Waals surface area contributed by atoms with Crippen LogP contribution in [0.1, 0.15) is 5.56 Å². The van der Waals surface area contributed by atoms with Gasteiger partial charge in [-0.15, -0.1) is 0 Å². The summed E-state index contributed by atoms with van der Waals surface area (Å²) in [5.74, 6) is -0.185. The number of hydrogen-bond acceptors (Lipinski definition) is 4.